The van der Waals surface area contributed by atoms with Crippen molar-refractivity contribution in [3.8, 4) is 0 Å². The lowest BCUT2D eigenvalue weighted by atomic mass is 10.1. The molecule has 0 atom stereocenters. The van der Waals surface area contributed by atoms with Crippen molar-refractivity contribution in [1.82, 2.24) is 9.88 Å². The Labute approximate surface area is 98.2 Å². The summed E-state index contributed by atoms with van der Waals surface area (Å²) in [5.74, 6) is 0. The van der Waals surface area contributed by atoms with Crippen molar-refractivity contribution in [2.45, 2.75) is 20.0 Å². The predicted octanol–water partition coefficient (Wildman–Crippen LogP) is 1.96. The highest BCUT2D eigenvalue weighted by Gasteiger charge is 2.18. The molecule has 5 nitrogen and oxygen atoms in total. The van der Waals surface area contributed by atoms with Crippen LogP contribution in [0.2, 0.25) is 0 Å². The zero-order chi connectivity index (χ0) is 12.0. The number of nitrogens with one attached hydrogen (secondary N) is 1. The van der Waals surface area contributed by atoms with Gasteiger partial charge in [-0.1, -0.05) is 0 Å². The number of fused-ring (bicyclic) bond motifs is 3. The Morgan fingerprint density at radius 2 is 2.29 bits per heavy atom. The van der Waals surface area contributed by atoms with E-state index in [0.29, 0.717) is 0 Å². The number of aryl methyl sites for hydroxylation is 1. The van der Waals surface area contributed by atoms with Crippen LogP contribution in [0, 0.1) is 17.0 Å². The number of aromatic nitrogens is 1. The lowest BCUT2D eigenvalue weighted by Gasteiger charge is -2.17. The Morgan fingerprint density at radius 3 is 3.06 bits per heavy atom. The van der Waals surface area contributed by atoms with Gasteiger partial charge in [0.05, 0.1) is 17.1 Å². The summed E-state index contributed by atoms with van der Waals surface area (Å²) in [5.41, 5.74) is 3.70. The molecule has 0 radical (unpaired) electrons. The summed E-state index contributed by atoms with van der Waals surface area (Å²) >= 11 is 0. The molecule has 1 N–H and O–H groups in total. The van der Waals surface area contributed by atoms with Crippen LogP contribution in [0.15, 0.2) is 18.2 Å². The Hall–Kier alpha value is -1.88. The molecule has 5 heteroatoms. The molecule has 3 rings (SSSR count). The van der Waals surface area contributed by atoms with E-state index in [-0.39, 0.29) is 10.6 Å². The van der Waals surface area contributed by atoms with Gasteiger partial charge >= 0.3 is 0 Å². The van der Waals surface area contributed by atoms with E-state index in [0.717, 1.165) is 30.5 Å². The SMILES string of the molecule is Cc1c2n(c3ccc([N+](=O)[O-])cc13)CNCC2. The maximum Gasteiger partial charge on any atom is 0.270 e. The molecule has 2 aromatic rings. The molecule has 1 aliphatic rings. The van der Waals surface area contributed by atoms with Crippen molar-refractivity contribution in [3.05, 3.63) is 39.6 Å². The zero-order valence-corrected chi connectivity index (χ0v) is 9.56. The first-order chi connectivity index (χ1) is 8.18. The summed E-state index contributed by atoms with van der Waals surface area (Å²) in [4.78, 5) is 10.4. The van der Waals surface area contributed by atoms with E-state index < -0.39 is 0 Å². The minimum absolute atomic E-state index is 0.163. The Bertz CT molecular complexity index is 616. The number of nitro benzene ring substituents is 1. The molecule has 0 unspecified atom stereocenters. The van der Waals surface area contributed by atoms with E-state index in [1.54, 1.807) is 12.1 Å². The van der Waals surface area contributed by atoms with Crippen molar-refractivity contribution in [2.24, 2.45) is 0 Å². The minimum atomic E-state index is -0.339. The summed E-state index contributed by atoms with van der Waals surface area (Å²) in [7, 11) is 0. The van der Waals surface area contributed by atoms with Crippen LogP contribution in [0.25, 0.3) is 10.9 Å². The molecule has 0 saturated carbocycles. The first kappa shape index (κ1) is 10.3. The molecule has 88 valence electrons. The largest absolute Gasteiger partial charge is 0.331 e. The van der Waals surface area contributed by atoms with Crippen LogP contribution in [-0.2, 0) is 13.1 Å². The molecule has 0 amide bonds. The van der Waals surface area contributed by atoms with Gasteiger partial charge in [-0.3, -0.25) is 15.4 Å². The smallest absolute Gasteiger partial charge is 0.270 e. The van der Waals surface area contributed by atoms with Gasteiger partial charge in [-0.15, -0.1) is 0 Å². The summed E-state index contributed by atoms with van der Waals surface area (Å²) in [6.45, 7) is 3.81. The quantitative estimate of drug-likeness (QED) is 0.603. The fourth-order valence-corrected chi connectivity index (χ4v) is 2.58. The van der Waals surface area contributed by atoms with Gasteiger partial charge in [0.1, 0.15) is 0 Å². The van der Waals surface area contributed by atoms with Crippen molar-refractivity contribution in [3.63, 3.8) is 0 Å². The van der Waals surface area contributed by atoms with E-state index in [4.69, 9.17) is 0 Å². The number of hydrogen-bond acceptors (Lipinski definition) is 3. The maximum absolute atomic E-state index is 10.8. The zero-order valence-electron chi connectivity index (χ0n) is 9.56. The van der Waals surface area contributed by atoms with Crippen molar-refractivity contribution in [2.75, 3.05) is 6.54 Å². The van der Waals surface area contributed by atoms with Gasteiger partial charge in [0, 0.05) is 36.2 Å². The predicted molar refractivity (Wildman–Crippen MR) is 65.0 cm³/mol. The molecule has 0 aliphatic carbocycles. The first-order valence-electron chi connectivity index (χ1n) is 5.65. The highest BCUT2D eigenvalue weighted by molar-refractivity contribution is 5.87. The summed E-state index contributed by atoms with van der Waals surface area (Å²) < 4.78 is 2.21. The van der Waals surface area contributed by atoms with Gasteiger partial charge in [-0.05, 0) is 18.6 Å². The van der Waals surface area contributed by atoms with E-state index in [9.17, 15) is 10.1 Å². The third-order valence-electron chi connectivity index (χ3n) is 3.45. The molecule has 0 spiro atoms. The van der Waals surface area contributed by atoms with Gasteiger partial charge in [0.25, 0.3) is 5.69 Å². The van der Waals surface area contributed by atoms with Crippen LogP contribution in [0.5, 0.6) is 0 Å². The van der Waals surface area contributed by atoms with Crippen LogP contribution in [0.4, 0.5) is 5.69 Å². The first-order valence-corrected chi connectivity index (χ1v) is 5.65. The second kappa shape index (κ2) is 3.56. The second-order valence-electron chi connectivity index (χ2n) is 4.37. The van der Waals surface area contributed by atoms with Crippen LogP contribution in [0.1, 0.15) is 11.3 Å². The Kier molecular flexibility index (Phi) is 2.16. The summed E-state index contributed by atoms with van der Waals surface area (Å²) in [6, 6.07) is 5.09. The molecular formula is C12H13N3O2. The van der Waals surface area contributed by atoms with Gasteiger partial charge < -0.3 is 4.57 Å². The van der Waals surface area contributed by atoms with Crippen LogP contribution in [0.3, 0.4) is 0 Å². The van der Waals surface area contributed by atoms with Crippen LogP contribution in [-0.4, -0.2) is 16.0 Å². The number of nitrogens with zero attached hydrogens (tertiary/aromatic N) is 2. The average Bonchev–Trinajstić information content (AvgIpc) is 2.64. The van der Waals surface area contributed by atoms with Gasteiger partial charge in [0.2, 0.25) is 0 Å². The third kappa shape index (κ3) is 1.43. The molecule has 1 aromatic heterocycles. The van der Waals surface area contributed by atoms with E-state index in [1.807, 2.05) is 13.0 Å². The average molecular weight is 231 g/mol. The van der Waals surface area contributed by atoms with Crippen molar-refractivity contribution in [1.29, 1.82) is 0 Å². The molecule has 0 fully saturated rings. The monoisotopic (exact) mass is 231 g/mol. The Balaban J connectivity index is 2.30. The maximum atomic E-state index is 10.8. The summed E-state index contributed by atoms with van der Waals surface area (Å²) in [6.07, 6.45) is 0.980. The molecule has 0 bridgehead atoms. The van der Waals surface area contributed by atoms with E-state index in [1.165, 1.54) is 11.3 Å². The van der Waals surface area contributed by atoms with Gasteiger partial charge in [0.15, 0.2) is 0 Å². The number of non-ortho nitro benzene ring substituents is 1. The number of nitro groups is 1. The van der Waals surface area contributed by atoms with Crippen molar-refractivity contribution >= 4 is 16.6 Å². The molecule has 1 aromatic carbocycles. The fourth-order valence-electron chi connectivity index (χ4n) is 2.58. The van der Waals surface area contributed by atoms with Gasteiger partial charge in [-0.25, -0.2) is 0 Å². The number of rotatable bonds is 1. The van der Waals surface area contributed by atoms with Gasteiger partial charge in [-0.2, -0.15) is 0 Å². The molecule has 2 heterocycles. The van der Waals surface area contributed by atoms with Crippen LogP contribution < -0.4 is 5.32 Å². The minimum Gasteiger partial charge on any atom is -0.331 e. The summed E-state index contributed by atoms with van der Waals surface area (Å²) in [5, 5.41) is 15.1. The molecular weight excluding hydrogens is 218 g/mol. The van der Waals surface area contributed by atoms with Crippen LogP contribution >= 0.6 is 0 Å². The fraction of sp³-hybridized carbons (Fsp3) is 0.333. The van der Waals surface area contributed by atoms with E-state index >= 15 is 0 Å². The molecule has 0 saturated heterocycles. The lowest BCUT2D eigenvalue weighted by Crippen LogP contribution is -2.28. The second-order valence-corrected chi connectivity index (χ2v) is 4.37. The topological polar surface area (TPSA) is 60.1 Å². The standard InChI is InChI=1S/C12H13N3O2/c1-8-10-6-9(15(16)17)2-3-12(10)14-7-13-5-4-11(8)14/h2-3,6,13H,4-5,7H2,1H3. The van der Waals surface area contributed by atoms with E-state index in [2.05, 4.69) is 9.88 Å². The highest BCUT2D eigenvalue weighted by atomic mass is 16.6. The third-order valence-corrected chi connectivity index (χ3v) is 3.45. The van der Waals surface area contributed by atoms with Crippen molar-refractivity contribution < 1.29 is 4.92 Å². The normalized spacial score (nSPS) is 14.9. The molecule has 17 heavy (non-hydrogen) atoms. The molecule has 1 aliphatic heterocycles. The number of hydrogen-bond donors (Lipinski definition) is 1. The highest BCUT2D eigenvalue weighted by Crippen LogP contribution is 2.29. The number of benzene rings is 1. The lowest BCUT2D eigenvalue weighted by molar-refractivity contribution is -0.384. The Morgan fingerprint density at radius 1 is 1.47 bits per heavy atom.